The molecule has 1 N–H and O–H groups in total. The minimum absolute atomic E-state index is 0.0562. The molecular weight excluding hydrogens is 522 g/mol. The Balaban J connectivity index is 2.03. The first-order chi connectivity index (χ1) is 18.2. The molecule has 7 nitrogen and oxygen atoms in total. The molecule has 0 saturated carbocycles. The fourth-order valence-corrected chi connectivity index (χ4v) is 5.71. The summed E-state index contributed by atoms with van der Waals surface area (Å²) in [6.45, 7) is 5.91. The van der Waals surface area contributed by atoms with E-state index >= 15 is 0 Å². The fourth-order valence-electron chi connectivity index (χ4n) is 4.15. The number of aryl methyl sites for hydroxylation is 1. The van der Waals surface area contributed by atoms with Crippen LogP contribution in [0, 0.1) is 6.92 Å². The SMILES string of the molecule is CCCNC(=O)C(CC)N(Cc1cccc(C)c1)C(=O)CN(c1ccc(Cl)cc1)S(=O)(=O)c1ccccc1. The van der Waals surface area contributed by atoms with Crippen molar-refractivity contribution < 1.29 is 18.0 Å². The third kappa shape index (κ3) is 7.36. The van der Waals surface area contributed by atoms with E-state index in [-0.39, 0.29) is 17.3 Å². The largest absolute Gasteiger partial charge is 0.354 e. The highest BCUT2D eigenvalue weighted by molar-refractivity contribution is 7.92. The summed E-state index contributed by atoms with van der Waals surface area (Å²) in [6.07, 6.45) is 1.13. The zero-order chi connectivity index (χ0) is 27.7. The van der Waals surface area contributed by atoms with Crippen LogP contribution in [-0.4, -0.2) is 44.3 Å². The topological polar surface area (TPSA) is 86.8 Å². The van der Waals surface area contributed by atoms with Gasteiger partial charge in [0.25, 0.3) is 10.0 Å². The van der Waals surface area contributed by atoms with Gasteiger partial charge in [-0.1, -0.05) is 73.5 Å². The number of amides is 2. The van der Waals surface area contributed by atoms with Crippen molar-refractivity contribution in [2.45, 2.75) is 51.1 Å². The number of halogens is 1. The summed E-state index contributed by atoms with van der Waals surface area (Å²) in [5.74, 6) is -0.751. The van der Waals surface area contributed by atoms with Gasteiger partial charge >= 0.3 is 0 Å². The Kier molecular flexibility index (Phi) is 10.3. The standard InChI is InChI=1S/C29H34ClN3O4S/c1-4-18-31-29(35)27(5-2)32(20-23-11-9-10-22(3)19-23)28(34)21-33(25-16-14-24(30)15-17-25)38(36,37)26-12-7-6-8-13-26/h6-17,19,27H,4-5,18,20-21H2,1-3H3,(H,31,35). The average Bonchev–Trinajstić information content (AvgIpc) is 2.91. The van der Waals surface area contributed by atoms with Crippen LogP contribution in [0.5, 0.6) is 0 Å². The third-order valence-electron chi connectivity index (χ3n) is 6.10. The molecule has 2 amide bonds. The van der Waals surface area contributed by atoms with Crippen molar-refractivity contribution in [2.24, 2.45) is 0 Å². The number of carbonyl (C=O) groups is 2. The van der Waals surface area contributed by atoms with E-state index in [1.54, 1.807) is 42.5 Å². The molecule has 0 saturated heterocycles. The highest BCUT2D eigenvalue weighted by atomic mass is 35.5. The van der Waals surface area contributed by atoms with Crippen molar-refractivity contribution in [3.8, 4) is 0 Å². The number of anilines is 1. The smallest absolute Gasteiger partial charge is 0.264 e. The van der Waals surface area contributed by atoms with Gasteiger partial charge in [-0.15, -0.1) is 0 Å². The molecule has 0 aliphatic carbocycles. The minimum Gasteiger partial charge on any atom is -0.354 e. The van der Waals surface area contributed by atoms with Crippen LogP contribution in [-0.2, 0) is 26.2 Å². The van der Waals surface area contributed by atoms with Crippen molar-refractivity contribution in [1.29, 1.82) is 0 Å². The summed E-state index contributed by atoms with van der Waals surface area (Å²) < 4.78 is 28.5. The maximum atomic E-state index is 14.0. The van der Waals surface area contributed by atoms with Gasteiger partial charge in [0.15, 0.2) is 0 Å². The van der Waals surface area contributed by atoms with Gasteiger partial charge in [0, 0.05) is 18.1 Å². The van der Waals surface area contributed by atoms with E-state index in [1.165, 1.54) is 17.0 Å². The molecular formula is C29H34ClN3O4S. The second-order valence-electron chi connectivity index (χ2n) is 9.03. The van der Waals surface area contributed by atoms with Gasteiger partial charge in [0.2, 0.25) is 11.8 Å². The van der Waals surface area contributed by atoms with Gasteiger partial charge in [-0.05, 0) is 61.7 Å². The second-order valence-corrected chi connectivity index (χ2v) is 11.3. The van der Waals surface area contributed by atoms with E-state index in [4.69, 9.17) is 11.6 Å². The van der Waals surface area contributed by atoms with Crippen LogP contribution in [0.15, 0.2) is 83.8 Å². The van der Waals surface area contributed by atoms with Crippen molar-refractivity contribution in [2.75, 3.05) is 17.4 Å². The molecule has 0 spiro atoms. The maximum absolute atomic E-state index is 14.0. The number of rotatable bonds is 12. The van der Waals surface area contributed by atoms with Crippen molar-refractivity contribution in [1.82, 2.24) is 10.2 Å². The predicted molar refractivity (Wildman–Crippen MR) is 152 cm³/mol. The normalized spacial score (nSPS) is 12.0. The van der Waals surface area contributed by atoms with Gasteiger partial charge in [-0.3, -0.25) is 13.9 Å². The van der Waals surface area contributed by atoms with E-state index < -0.39 is 28.5 Å². The zero-order valence-corrected chi connectivity index (χ0v) is 23.5. The molecule has 3 aromatic carbocycles. The highest BCUT2D eigenvalue weighted by Gasteiger charge is 2.33. The third-order valence-corrected chi connectivity index (χ3v) is 8.14. The number of nitrogens with zero attached hydrogens (tertiary/aromatic N) is 2. The first-order valence-corrected chi connectivity index (χ1v) is 14.4. The molecule has 202 valence electrons. The Bertz CT molecular complexity index is 1330. The number of hydrogen-bond acceptors (Lipinski definition) is 4. The van der Waals surface area contributed by atoms with Crippen LogP contribution in [0.3, 0.4) is 0 Å². The first kappa shape index (κ1) is 29.2. The zero-order valence-electron chi connectivity index (χ0n) is 21.9. The van der Waals surface area contributed by atoms with E-state index in [1.807, 2.05) is 45.0 Å². The summed E-state index contributed by atoms with van der Waals surface area (Å²) >= 11 is 6.06. The van der Waals surface area contributed by atoms with Crippen LogP contribution in [0.1, 0.15) is 37.8 Å². The Labute approximate surface area is 230 Å². The van der Waals surface area contributed by atoms with Gasteiger partial charge < -0.3 is 10.2 Å². The first-order valence-electron chi connectivity index (χ1n) is 12.6. The molecule has 0 bridgehead atoms. The summed E-state index contributed by atoms with van der Waals surface area (Å²) in [5, 5.41) is 3.33. The number of nitrogens with one attached hydrogen (secondary N) is 1. The second kappa shape index (κ2) is 13.4. The van der Waals surface area contributed by atoms with Crippen LogP contribution in [0.4, 0.5) is 5.69 Å². The number of sulfonamides is 1. The quantitative estimate of drug-likeness (QED) is 0.334. The van der Waals surface area contributed by atoms with Gasteiger partial charge in [-0.25, -0.2) is 8.42 Å². The van der Waals surface area contributed by atoms with E-state index in [0.717, 1.165) is 21.9 Å². The van der Waals surface area contributed by atoms with Crippen molar-refractivity contribution in [3.63, 3.8) is 0 Å². The number of carbonyl (C=O) groups excluding carboxylic acids is 2. The minimum atomic E-state index is -4.10. The summed E-state index contributed by atoms with van der Waals surface area (Å²) in [7, 11) is -4.10. The molecule has 0 aliphatic rings. The van der Waals surface area contributed by atoms with Crippen LogP contribution in [0.25, 0.3) is 0 Å². The Morgan fingerprint density at radius 1 is 0.947 bits per heavy atom. The lowest BCUT2D eigenvalue weighted by Gasteiger charge is -2.33. The van der Waals surface area contributed by atoms with Crippen LogP contribution >= 0.6 is 11.6 Å². The molecule has 9 heteroatoms. The molecule has 38 heavy (non-hydrogen) atoms. The molecule has 0 aromatic heterocycles. The maximum Gasteiger partial charge on any atom is 0.264 e. The fraction of sp³-hybridized carbons (Fsp3) is 0.310. The Morgan fingerprint density at radius 2 is 1.63 bits per heavy atom. The summed E-state index contributed by atoms with van der Waals surface area (Å²) in [6, 6.07) is 21.2. The predicted octanol–water partition coefficient (Wildman–Crippen LogP) is 5.18. The van der Waals surface area contributed by atoms with Crippen molar-refractivity contribution in [3.05, 3.63) is 95.0 Å². The number of benzene rings is 3. The summed E-state index contributed by atoms with van der Waals surface area (Å²) in [4.78, 5) is 28.6. The molecule has 0 fully saturated rings. The van der Waals surface area contributed by atoms with E-state index in [0.29, 0.717) is 23.7 Å². The van der Waals surface area contributed by atoms with Crippen LogP contribution < -0.4 is 9.62 Å². The van der Waals surface area contributed by atoms with Gasteiger partial charge in [0.1, 0.15) is 12.6 Å². The van der Waals surface area contributed by atoms with Crippen LogP contribution in [0.2, 0.25) is 5.02 Å². The van der Waals surface area contributed by atoms with Gasteiger partial charge in [-0.2, -0.15) is 0 Å². The Morgan fingerprint density at radius 3 is 2.24 bits per heavy atom. The monoisotopic (exact) mass is 555 g/mol. The lowest BCUT2D eigenvalue weighted by atomic mass is 10.1. The van der Waals surface area contributed by atoms with E-state index in [2.05, 4.69) is 5.32 Å². The number of hydrogen-bond donors (Lipinski definition) is 1. The summed E-state index contributed by atoms with van der Waals surface area (Å²) in [5.41, 5.74) is 2.17. The molecule has 0 aliphatic heterocycles. The Hall–Kier alpha value is -3.36. The van der Waals surface area contributed by atoms with Gasteiger partial charge in [0.05, 0.1) is 10.6 Å². The molecule has 3 aromatic rings. The molecule has 1 unspecified atom stereocenters. The lowest BCUT2D eigenvalue weighted by molar-refractivity contribution is -0.140. The van der Waals surface area contributed by atoms with Crippen molar-refractivity contribution >= 4 is 39.1 Å². The highest BCUT2D eigenvalue weighted by Crippen LogP contribution is 2.26. The molecule has 1 atom stereocenters. The molecule has 3 rings (SSSR count). The lowest BCUT2D eigenvalue weighted by Crippen LogP contribution is -2.52. The molecule has 0 radical (unpaired) electrons. The average molecular weight is 556 g/mol. The van der Waals surface area contributed by atoms with E-state index in [9.17, 15) is 18.0 Å². The molecule has 0 heterocycles.